The molecule has 0 saturated heterocycles. The van der Waals surface area contributed by atoms with E-state index in [1.54, 1.807) is 0 Å². The normalized spacial score (nSPS) is 11.7. The van der Waals surface area contributed by atoms with Crippen molar-refractivity contribution in [2.75, 3.05) is 11.9 Å². The molecule has 126 valence electrons. The monoisotopic (exact) mass is 338 g/mol. The van der Waals surface area contributed by atoms with Crippen molar-refractivity contribution in [1.82, 2.24) is 5.32 Å². The summed E-state index contributed by atoms with van der Waals surface area (Å²) < 4.78 is 39.7. The minimum Gasteiger partial charge on any atom is -0.386 e. The van der Waals surface area contributed by atoms with E-state index in [-0.39, 0.29) is 5.69 Å². The molecule has 8 heteroatoms. The van der Waals surface area contributed by atoms with Crippen molar-refractivity contribution in [2.45, 2.75) is 6.10 Å². The standard InChI is InChI=1S/C16H13F3N2O3/c17-9-4-6-10(7-5-9)21-16(24)15(23)20-8-13(22)14-11(18)2-1-3-12(14)19/h1-7,13,22H,8H2,(H,20,23)(H,21,24). The van der Waals surface area contributed by atoms with Gasteiger partial charge in [-0.2, -0.15) is 0 Å². The van der Waals surface area contributed by atoms with E-state index in [4.69, 9.17) is 0 Å². The molecule has 0 aliphatic rings. The van der Waals surface area contributed by atoms with Gasteiger partial charge in [0.15, 0.2) is 0 Å². The first-order valence-electron chi connectivity index (χ1n) is 6.85. The molecule has 0 spiro atoms. The number of carbonyl (C=O) groups is 2. The topological polar surface area (TPSA) is 78.4 Å². The van der Waals surface area contributed by atoms with Gasteiger partial charge < -0.3 is 15.7 Å². The van der Waals surface area contributed by atoms with E-state index in [0.717, 1.165) is 30.3 Å². The largest absolute Gasteiger partial charge is 0.386 e. The second kappa shape index (κ2) is 7.60. The van der Waals surface area contributed by atoms with E-state index in [9.17, 15) is 27.9 Å². The molecule has 0 aliphatic heterocycles. The van der Waals surface area contributed by atoms with Gasteiger partial charge in [0.05, 0.1) is 5.56 Å². The van der Waals surface area contributed by atoms with Crippen LogP contribution in [0.25, 0.3) is 0 Å². The highest BCUT2D eigenvalue weighted by Gasteiger charge is 2.20. The van der Waals surface area contributed by atoms with Crippen LogP contribution >= 0.6 is 0 Å². The maximum Gasteiger partial charge on any atom is 0.313 e. The smallest absolute Gasteiger partial charge is 0.313 e. The van der Waals surface area contributed by atoms with Crippen molar-refractivity contribution in [2.24, 2.45) is 0 Å². The van der Waals surface area contributed by atoms with Crippen LogP contribution in [0.3, 0.4) is 0 Å². The summed E-state index contributed by atoms with van der Waals surface area (Å²) in [5.41, 5.74) is -0.408. The third kappa shape index (κ3) is 4.32. The van der Waals surface area contributed by atoms with Crippen LogP contribution in [-0.2, 0) is 9.59 Å². The number of hydrogen-bond acceptors (Lipinski definition) is 3. The molecular formula is C16H13F3N2O3. The molecule has 0 saturated carbocycles. The Morgan fingerprint density at radius 2 is 1.54 bits per heavy atom. The Morgan fingerprint density at radius 3 is 2.12 bits per heavy atom. The van der Waals surface area contributed by atoms with Gasteiger partial charge in [0, 0.05) is 12.2 Å². The summed E-state index contributed by atoms with van der Waals surface area (Å²) in [5, 5.41) is 14.0. The van der Waals surface area contributed by atoms with Gasteiger partial charge in [-0.1, -0.05) is 6.07 Å². The molecule has 3 N–H and O–H groups in total. The average Bonchev–Trinajstić information content (AvgIpc) is 2.54. The van der Waals surface area contributed by atoms with Crippen molar-refractivity contribution in [3.63, 3.8) is 0 Å². The highest BCUT2D eigenvalue weighted by molar-refractivity contribution is 6.39. The van der Waals surface area contributed by atoms with Gasteiger partial charge in [0.1, 0.15) is 23.6 Å². The molecule has 0 bridgehead atoms. The zero-order valence-corrected chi connectivity index (χ0v) is 12.2. The molecular weight excluding hydrogens is 325 g/mol. The van der Waals surface area contributed by atoms with E-state index < -0.39 is 47.5 Å². The van der Waals surface area contributed by atoms with E-state index in [1.807, 2.05) is 0 Å². The van der Waals surface area contributed by atoms with Gasteiger partial charge in [0.25, 0.3) is 0 Å². The Bertz CT molecular complexity index is 730. The molecule has 1 atom stereocenters. The van der Waals surface area contributed by atoms with Crippen molar-refractivity contribution in [3.8, 4) is 0 Å². The fourth-order valence-electron chi connectivity index (χ4n) is 1.92. The predicted octanol–water partition coefficient (Wildman–Crippen LogP) is 1.89. The third-order valence-corrected chi connectivity index (χ3v) is 3.10. The Hall–Kier alpha value is -2.87. The van der Waals surface area contributed by atoms with Crippen LogP contribution < -0.4 is 10.6 Å². The third-order valence-electron chi connectivity index (χ3n) is 3.10. The molecule has 2 aromatic rings. The second-order valence-electron chi connectivity index (χ2n) is 4.82. The minimum absolute atomic E-state index is 0.192. The van der Waals surface area contributed by atoms with Gasteiger partial charge in [-0.3, -0.25) is 9.59 Å². The number of aliphatic hydroxyl groups excluding tert-OH is 1. The molecule has 0 aliphatic carbocycles. The molecule has 0 radical (unpaired) electrons. The first-order valence-corrected chi connectivity index (χ1v) is 6.85. The lowest BCUT2D eigenvalue weighted by Gasteiger charge is -2.13. The Balaban J connectivity index is 1.92. The van der Waals surface area contributed by atoms with Gasteiger partial charge in [-0.15, -0.1) is 0 Å². The minimum atomic E-state index is -1.66. The predicted molar refractivity (Wildman–Crippen MR) is 79.4 cm³/mol. The number of hydrogen-bond donors (Lipinski definition) is 3. The highest BCUT2D eigenvalue weighted by atomic mass is 19.1. The van der Waals surface area contributed by atoms with E-state index in [1.165, 1.54) is 12.1 Å². The number of halogens is 3. The van der Waals surface area contributed by atoms with Crippen LogP contribution in [0.5, 0.6) is 0 Å². The van der Waals surface area contributed by atoms with Crippen molar-refractivity contribution in [1.29, 1.82) is 0 Å². The first-order chi connectivity index (χ1) is 11.4. The average molecular weight is 338 g/mol. The second-order valence-corrected chi connectivity index (χ2v) is 4.82. The molecule has 0 heterocycles. The zero-order valence-electron chi connectivity index (χ0n) is 12.2. The van der Waals surface area contributed by atoms with Gasteiger partial charge in [0.2, 0.25) is 0 Å². The van der Waals surface area contributed by atoms with E-state index in [2.05, 4.69) is 10.6 Å². The van der Waals surface area contributed by atoms with Crippen LogP contribution in [-0.4, -0.2) is 23.5 Å². The van der Waals surface area contributed by atoms with Crippen molar-refractivity contribution >= 4 is 17.5 Å². The number of rotatable bonds is 4. The summed E-state index contributed by atoms with van der Waals surface area (Å²) in [6.07, 6.45) is -1.66. The summed E-state index contributed by atoms with van der Waals surface area (Å²) in [6.45, 7) is -0.562. The Labute approximate surface area is 135 Å². The summed E-state index contributed by atoms with van der Waals surface area (Å²) in [7, 11) is 0. The Kier molecular flexibility index (Phi) is 5.54. The van der Waals surface area contributed by atoms with Crippen molar-refractivity contribution in [3.05, 3.63) is 65.5 Å². The van der Waals surface area contributed by atoms with Crippen molar-refractivity contribution < 1.29 is 27.9 Å². The van der Waals surface area contributed by atoms with E-state index in [0.29, 0.717) is 0 Å². The molecule has 0 fully saturated rings. The van der Waals surface area contributed by atoms with Crippen LogP contribution in [0, 0.1) is 17.5 Å². The fraction of sp³-hybridized carbons (Fsp3) is 0.125. The maximum atomic E-state index is 13.5. The lowest BCUT2D eigenvalue weighted by Crippen LogP contribution is -2.37. The molecule has 2 aromatic carbocycles. The molecule has 1 unspecified atom stereocenters. The quantitative estimate of drug-likeness (QED) is 0.745. The lowest BCUT2D eigenvalue weighted by molar-refractivity contribution is -0.136. The molecule has 2 rings (SSSR count). The highest BCUT2D eigenvalue weighted by Crippen LogP contribution is 2.19. The summed E-state index contributed by atoms with van der Waals surface area (Å²) in [4.78, 5) is 23.3. The van der Waals surface area contributed by atoms with Gasteiger partial charge in [-0.05, 0) is 36.4 Å². The summed E-state index contributed by atoms with van der Waals surface area (Å²) >= 11 is 0. The molecule has 24 heavy (non-hydrogen) atoms. The van der Waals surface area contributed by atoms with Crippen LogP contribution in [0.4, 0.5) is 18.9 Å². The number of anilines is 1. The number of amides is 2. The Morgan fingerprint density at radius 1 is 0.958 bits per heavy atom. The number of benzene rings is 2. The van der Waals surface area contributed by atoms with E-state index >= 15 is 0 Å². The number of carbonyl (C=O) groups excluding carboxylic acids is 2. The molecule has 0 aromatic heterocycles. The zero-order chi connectivity index (χ0) is 17.7. The van der Waals surface area contributed by atoms with Gasteiger partial charge >= 0.3 is 11.8 Å². The number of nitrogens with one attached hydrogen (secondary N) is 2. The van der Waals surface area contributed by atoms with Crippen LogP contribution in [0.2, 0.25) is 0 Å². The van der Waals surface area contributed by atoms with Crippen LogP contribution in [0.1, 0.15) is 11.7 Å². The summed E-state index contributed by atoms with van der Waals surface area (Å²) in [5.74, 6) is -4.62. The lowest BCUT2D eigenvalue weighted by atomic mass is 10.1. The van der Waals surface area contributed by atoms with Crippen LogP contribution in [0.15, 0.2) is 42.5 Å². The SMILES string of the molecule is O=C(NCC(O)c1c(F)cccc1F)C(=O)Nc1ccc(F)cc1. The number of aliphatic hydroxyl groups is 1. The first kappa shape index (κ1) is 17.5. The molecule has 5 nitrogen and oxygen atoms in total. The molecule has 2 amide bonds. The van der Waals surface area contributed by atoms with Gasteiger partial charge in [-0.25, -0.2) is 13.2 Å². The summed E-state index contributed by atoms with van der Waals surface area (Å²) in [6, 6.07) is 7.76. The maximum absolute atomic E-state index is 13.5. The fourth-order valence-corrected chi connectivity index (χ4v) is 1.92.